The van der Waals surface area contributed by atoms with E-state index in [1.54, 1.807) is 0 Å². The Bertz CT molecular complexity index is 780. The Balaban J connectivity index is 2.57. The van der Waals surface area contributed by atoms with Crippen molar-refractivity contribution in [3.05, 3.63) is 54.4 Å². The number of halogens is 4. The van der Waals surface area contributed by atoms with Crippen LogP contribution in [-0.4, -0.2) is 35.4 Å². The lowest BCUT2D eigenvalue weighted by Crippen LogP contribution is -2.42. The number of hydrogen-bond donors (Lipinski definition) is 0. The van der Waals surface area contributed by atoms with Gasteiger partial charge in [0, 0.05) is 6.54 Å². The summed E-state index contributed by atoms with van der Waals surface area (Å²) in [5, 5.41) is 0. The lowest BCUT2D eigenvalue weighted by atomic mass is 10.1. The molecule has 130 valence electrons. The third-order valence-corrected chi connectivity index (χ3v) is 5.13. The standard InChI is InChI=1S/C14H13F4N3O2S/c1-2-21(24(22,23)12-7-19-9-20-8-12)13(14(16,17)18)10-3-5-11(15)6-4-10/h3-9,13H,2H2,1H3/t13-/m0/s1. The van der Waals surface area contributed by atoms with Gasteiger partial charge < -0.3 is 0 Å². The van der Waals surface area contributed by atoms with E-state index >= 15 is 0 Å². The second-order valence-electron chi connectivity index (χ2n) is 4.78. The minimum absolute atomic E-state index is 0.291. The van der Waals surface area contributed by atoms with Gasteiger partial charge in [0.25, 0.3) is 0 Å². The summed E-state index contributed by atoms with van der Waals surface area (Å²) < 4.78 is 79.1. The second-order valence-corrected chi connectivity index (χ2v) is 6.67. The summed E-state index contributed by atoms with van der Waals surface area (Å²) in [6, 6.07) is 1.06. The van der Waals surface area contributed by atoms with Crippen molar-refractivity contribution in [3.63, 3.8) is 0 Å². The molecular weight excluding hydrogens is 350 g/mol. The molecule has 0 aliphatic carbocycles. The van der Waals surface area contributed by atoms with E-state index in [1.807, 2.05) is 0 Å². The second kappa shape index (κ2) is 6.81. The number of alkyl halides is 3. The quantitative estimate of drug-likeness (QED) is 0.767. The molecule has 5 nitrogen and oxygen atoms in total. The highest BCUT2D eigenvalue weighted by atomic mass is 32.2. The SMILES string of the molecule is CCN([C@@H](c1ccc(F)cc1)C(F)(F)F)S(=O)(=O)c1cncnc1. The fourth-order valence-electron chi connectivity index (χ4n) is 2.21. The van der Waals surface area contributed by atoms with Gasteiger partial charge >= 0.3 is 6.18 Å². The van der Waals surface area contributed by atoms with E-state index in [0.29, 0.717) is 4.31 Å². The molecule has 0 spiro atoms. The van der Waals surface area contributed by atoms with E-state index in [-0.39, 0.29) is 5.56 Å². The zero-order chi connectivity index (χ0) is 18.0. The van der Waals surface area contributed by atoms with Crippen molar-refractivity contribution in [3.8, 4) is 0 Å². The van der Waals surface area contributed by atoms with Crippen LogP contribution in [-0.2, 0) is 10.0 Å². The Hall–Kier alpha value is -2.07. The molecule has 0 N–H and O–H groups in total. The maximum Gasteiger partial charge on any atom is 0.409 e. The van der Waals surface area contributed by atoms with Gasteiger partial charge in [0.2, 0.25) is 10.0 Å². The van der Waals surface area contributed by atoms with Crippen molar-refractivity contribution >= 4 is 10.0 Å². The predicted octanol–water partition coefficient (Wildman–Crippen LogP) is 2.93. The van der Waals surface area contributed by atoms with E-state index in [9.17, 15) is 26.0 Å². The van der Waals surface area contributed by atoms with Crippen LogP contribution in [0.2, 0.25) is 0 Å². The van der Waals surface area contributed by atoms with Crippen molar-refractivity contribution in [2.24, 2.45) is 0 Å². The number of nitrogens with zero attached hydrogens (tertiary/aromatic N) is 3. The Morgan fingerprint density at radius 1 is 1.12 bits per heavy atom. The van der Waals surface area contributed by atoms with Crippen LogP contribution in [0, 0.1) is 5.82 Å². The van der Waals surface area contributed by atoms with E-state index in [1.165, 1.54) is 6.92 Å². The van der Waals surface area contributed by atoms with Gasteiger partial charge in [0.1, 0.15) is 23.1 Å². The summed E-state index contributed by atoms with van der Waals surface area (Å²) in [5.41, 5.74) is -0.383. The van der Waals surface area contributed by atoms with Crippen LogP contribution in [0.5, 0.6) is 0 Å². The molecule has 0 unspecified atom stereocenters. The minimum Gasteiger partial charge on any atom is -0.243 e. The molecule has 1 heterocycles. The van der Waals surface area contributed by atoms with Gasteiger partial charge in [0.05, 0.1) is 12.4 Å². The molecule has 10 heteroatoms. The summed E-state index contributed by atoms with van der Waals surface area (Å²) in [7, 11) is -4.50. The fourth-order valence-corrected chi connectivity index (χ4v) is 3.73. The monoisotopic (exact) mass is 363 g/mol. The normalized spacial score (nSPS) is 13.9. The Morgan fingerprint density at radius 2 is 1.67 bits per heavy atom. The predicted molar refractivity (Wildman–Crippen MR) is 76.8 cm³/mol. The first-order chi connectivity index (χ1) is 11.2. The molecule has 2 aromatic rings. The van der Waals surface area contributed by atoms with Gasteiger partial charge in [-0.3, -0.25) is 0 Å². The van der Waals surface area contributed by atoms with Crippen LogP contribution >= 0.6 is 0 Å². The summed E-state index contributed by atoms with van der Waals surface area (Å²) in [6.45, 7) is 0.836. The Morgan fingerprint density at radius 3 is 2.12 bits per heavy atom. The van der Waals surface area contributed by atoms with E-state index in [4.69, 9.17) is 0 Å². The smallest absolute Gasteiger partial charge is 0.243 e. The zero-order valence-electron chi connectivity index (χ0n) is 12.4. The van der Waals surface area contributed by atoms with Gasteiger partial charge in [-0.05, 0) is 17.7 Å². The molecule has 0 amide bonds. The van der Waals surface area contributed by atoms with Crippen LogP contribution in [0.1, 0.15) is 18.5 Å². The Kier molecular flexibility index (Phi) is 5.19. The van der Waals surface area contributed by atoms with Gasteiger partial charge in [0.15, 0.2) is 0 Å². The molecule has 24 heavy (non-hydrogen) atoms. The number of rotatable bonds is 5. The average Bonchev–Trinajstić information content (AvgIpc) is 2.53. The van der Waals surface area contributed by atoms with Crippen LogP contribution in [0.4, 0.5) is 17.6 Å². The number of hydrogen-bond acceptors (Lipinski definition) is 4. The molecular formula is C14H13F4N3O2S. The van der Waals surface area contributed by atoms with Crippen LogP contribution in [0.25, 0.3) is 0 Å². The fraction of sp³-hybridized carbons (Fsp3) is 0.286. The van der Waals surface area contributed by atoms with Crippen LogP contribution in [0.15, 0.2) is 47.9 Å². The van der Waals surface area contributed by atoms with Crippen molar-refractivity contribution in [2.45, 2.75) is 24.0 Å². The molecule has 1 atom stereocenters. The summed E-state index contributed by atoms with van der Waals surface area (Å²) >= 11 is 0. The van der Waals surface area contributed by atoms with Gasteiger partial charge in [-0.25, -0.2) is 22.8 Å². The minimum atomic E-state index is -4.89. The molecule has 0 saturated carbocycles. The molecule has 0 bridgehead atoms. The summed E-state index contributed by atoms with van der Waals surface area (Å²) in [5.74, 6) is -0.720. The lowest BCUT2D eigenvalue weighted by Gasteiger charge is -2.31. The topological polar surface area (TPSA) is 63.2 Å². The first-order valence-electron chi connectivity index (χ1n) is 6.77. The van der Waals surface area contributed by atoms with Crippen molar-refractivity contribution in [2.75, 3.05) is 6.54 Å². The molecule has 1 aromatic carbocycles. The molecule has 0 fully saturated rings. The average molecular weight is 363 g/mol. The summed E-state index contributed by atoms with van der Waals surface area (Å²) in [4.78, 5) is 6.60. The van der Waals surface area contributed by atoms with Gasteiger partial charge in [-0.2, -0.15) is 17.5 Å². The molecule has 0 radical (unpaired) electrons. The van der Waals surface area contributed by atoms with E-state index in [2.05, 4.69) is 9.97 Å². The first-order valence-corrected chi connectivity index (χ1v) is 8.21. The summed E-state index contributed by atoms with van der Waals surface area (Å²) in [6.07, 6.45) is -1.99. The molecule has 2 rings (SSSR count). The maximum absolute atomic E-state index is 13.6. The number of benzene rings is 1. The maximum atomic E-state index is 13.6. The molecule has 0 aliphatic heterocycles. The number of sulfonamides is 1. The van der Waals surface area contributed by atoms with Crippen LogP contribution < -0.4 is 0 Å². The van der Waals surface area contributed by atoms with Crippen molar-refractivity contribution < 1.29 is 26.0 Å². The van der Waals surface area contributed by atoms with E-state index in [0.717, 1.165) is 43.0 Å². The molecule has 0 aliphatic rings. The third kappa shape index (κ3) is 3.70. The van der Waals surface area contributed by atoms with Crippen molar-refractivity contribution in [1.82, 2.24) is 14.3 Å². The largest absolute Gasteiger partial charge is 0.409 e. The zero-order valence-corrected chi connectivity index (χ0v) is 13.2. The highest BCUT2D eigenvalue weighted by Gasteiger charge is 2.48. The lowest BCUT2D eigenvalue weighted by molar-refractivity contribution is -0.173. The highest BCUT2D eigenvalue weighted by molar-refractivity contribution is 7.89. The molecule has 1 aromatic heterocycles. The third-order valence-electron chi connectivity index (χ3n) is 3.24. The Labute approximate surface area is 136 Å². The number of aromatic nitrogens is 2. The van der Waals surface area contributed by atoms with Gasteiger partial charge in [-0.1, -0.05) is 19.1 Å². The highest BCUT2D eigenvalue weighted by Crippen LogP contribution is 2.40. The van der Waals surface area contributed by atoms with Gasteiger partial charge in [-0.15, -0.1) is 0 Å². The molecule has 0 saturated heterocycles. The van der Waals surface area contributed by atoms with E-state index < -0.39 is 39.5 Å². The van der Waals surface area contributed by atoms with Crippen LogP contribution in [0.3, 0.4) is 0 Å². The van der Waals surface area contributed by atoms with Crippen molar-refractivity contribution in [1.29, 1.82) is 0 Å². The first kappa shape index (κ1) is 18.3.